The van der Waals surface area contributed by atoms with Crippen LogP contribution < -0.4 is 5.32 Å². The number of hydrogen-bond donors (Lipinski definition) is 1. The van der Waals surface area contributed by atoms with Gasteiger partial charge < -0.3 is 10.1 Å². The Kier molecular flexibility index (Phi) is 3.83. The summed E-state index contributed by atoms with van der Waals surface area (Å²) in [5.74, 6) is 0.892. The molecule has 2 heteroatoms. The Hall–Kier alpha value is -1.02. The molecule has 0 radical (unpaired) electrons. The van der Waals surface area contributed by atoms with Crippen molar-refractivity contribution in [2.75, 3.05) is 11.9 Å². The summed E-state index contributed by atoms with van der Waals surface area (Å²) in [5.41, 5.74) is 2.46. The molecule has 1 N–H and O–H groups in total. The summed E-state index contributed by atoms with van der Waals surface area (Å²) >= 11 is 0. The molecule has 2 rings (SSSR count). The summed E-state index contributed by atoms with van der Waals surface area (Å²) in [4.78, 5) is 0. The minimum atomic E-state index is 0.609. The van der Waals surface area contributed by atoms with E-state index in [2.05, 4.69) is 36.5 Å². The van der Waals surface area contributed by atoms with Crippen molar-refractivity contribution in [3.8, 4) is 0 Å². The predicted octanol–water partition coefficient (Wildman–Crippen LogP) is 3.43. The molecule has 0 saturated heterocycles. The molecule has 1 aromatic carbocycles. The van der Waals surface area contributed by atoms with Crippen LogP contribution in [0.3, 0.4) is 0 Å². The highest BCUT2D eigenvalue weighted by molar-refractivity contribution is 5.45. The third-order valence-electron chi connectivity index (χ3n) is 3.15. The average Bonchev–Trinajstić information content (AvgIpc) is 3.12. The van der Waals surface area contributed by atoms with Crippen molar-refractivity contribution in [3.05, 3.63) is 29.8 Å². The highest BCUT2D eigenvalue weighted by Gasteiger charge is 2.27. The number of hydrogen-bond acceptors (Lipinski definition) is 2. The van der Waals surface area contributed by atoms with Gasteiger partial charge >= 0.3 is 0 Å². The van der Waals surface area contributed by atoms with Crippen LogP contribution in [0.15, 0.2) is 24.3 Å². The lowest BCUT2D eigenvalue weighted by molar-refractivity contribution is 0.134. The molecular weight excluding hydrogens is 198 g/mol. The minimum Gasteiger partial charge on any atom is -0.382 e. The van der Waals surface area contributed by atoms with E-state index in [4.69, 9.17) is 4.74 Å². The molecule has 16 heavy (non-hydrogen) atoms. The van der Waals surface area contributed by atoms with E-state index in [9.17, 15) is 0 Å². The Balaban J connectivity index is 1.85. The van der Waals surface area contributed by atoms with Gasteiger partial charge in [0.25, 0.3) is 0 Å². The van der Waals surface area contributed by atoms with E-state index >= 15 is 0 Å². The topological polar surface area (TPSA) is 21.3 Å². The van der Waals surface area contributed by atoms with Crippen LogP contribution in [0.25, 0.3) is 0 Å². The van der Waals surface area contributed by atoms with E-state index in [1.54, 1.807) is 0 Å². The van der Waals surface area contributed by atoms with Crippen molar-refractivity contribution in [1.82, 2.24) is 0 Å². The first-order valence-electron chi connectivity index (χ1n) is 6.23. The maximum absolute atomic E-state index is 5.37. The van der Waals surface area contributed by atoms with Gasteiger partial charge in [-0.2, -0.15) is 0 Å². The van der Waals surface area contributed by atoms with Crippen LogP contribution in [-0.4, -0.2) is 12.6 Å². The van der Waals surface area contributed by atoms with Gasteiger partial charge in [0.15, 0.2) is 0 Å². The van der Waals surface area contributed by atoms with Crippen LogP contribution in [0.4, 0.5) is 5.69 Å². The summed E-state index contributed by atoms with van der Waals surface area (Å²) in [5, 5.41) is 3.55. The average molecular weight is 219 g/mol. The molecule has 1 fully saturated rings. The molecule has 88 valence electrons. The summed E-state index contributed by atoms with van der Waals surface area (Å²) in [6.45, 7) is 5.78. The molecule has 1 saturated carbocycles. The van der Waals surface area contributed by atoms with Gasteiger partial charge in [-0.05, 0) is 50.3 Å². The lowest BCUT2D eigenvalue weighted by Gasteiger charge is -2.14. The predicted molar refractivity (Wildman–Crippen MR) is 67.6 cm³/mol. The second-order valence-corrected chi connectivity index (χ2v) is 4.60. The number of rotatable bonds is 6. The molecule has 1 aromatic rings. The van der Waals surface area contributed by atoms with Gasteiger partial charge in [-0.3, -0.25) is 0 Å². The molecule has 1 aliphatic rings. The second-order valence-electron chi connectivity index (χ2n) is 4.60. The van der Waals surface area contributed by atoms with Crippen molar-refractivity contribution in [3.63, 3.8) is 0 Å². The summed E-state index contributed by atoms with van der Waals surface area (Å²) in [6, 6.07) is 9.17. The Morgan fingerprint density at radius 2 is 2.00 bits per heavy atom. The van der Waals surface area contributed by atoms with E-state index in [1.165, 1.54) is 24.1 Å². The molecule has 1 atom stereocenters. The van der Waals surface area contributed by atoms with Crippen LogP contribution in [0.5, 0.6) is 0 Å². The van der Waals surface area contributed by atoms with Crippen LogP contribution in [0.2, 0.25) is 0 Å². The first kappa shape index (κ1) is 11.5. The monoisotopic (exact) mass is 219 g/mol. The Bertz CT molecular complexity index is 316. The number of anilines is 1. The van der Waals surface area contributed by atoms with Gasteiger partial charge in [0.1, 0.15) is 0 Å². The van der Waals surface area contributed by atoms with Crippen molar-refractivity contribution in [1.29, 1.82) is 0 Å². The normalized spacial score (nSPS) is 17.1. The van der Waals surface area contributed by atoms with Crippen molar-refractivity contribution in [2.45, 2.75) is 39.3 Å². The maximum atomic E-state index is 5.37. The fourth-order valence-electron chi connectivity index (χ4n) is 1.89. The molecule has 0 aromatic heterocycles. The van der Waals surface area contributed by atoms with Crippen molar-refractivity contribution >= 4 is 5.69 Å². The van der Waals surface area contributed by atoms with Crippen LogP contribution in [0, 0.1) is 5.92 Å². The third kappa shape index (κ3) is 3.24. The summed E-state index contributed by atoms with van der Waals surface area (Å²) < 4.78 is 5.37. The molecule has 0 bridgehead atoms. The lowest BCUT2D eigenvalue weighted by Crippen LogP contribution is -2.17. The smallest absolute Gasteiger partial charge is 0.0716 e. The van der Waals surface area contributed by atoms with E-state index < -0.39 is 0 Å². The first-order valence-corrected chi connectivity index (χ1v) is 6.23. The van der Waals surface area contributed by atoms with Gasteiger partial charge in [-0.15, -0.1) is 0 Å². The molecule has 1 unspecified atom stereocenters. The van der Waals surface area contributed by atoms with E-state index in [1.807, 2.05) is 6.92 Å². The van der Waals surface area contributed by atoms with Crippen LogP contribution in [-0.2, 0) is 11.3 Å². The largest absolute Gasteiger partial charge is 0.382 e. The van der Waals surface area contributed by atoms with Crippen molar-refractivity contribution < 1.29 is 4.74 Å². The van der Waals surface area contributed by atoms with Gasteiger partial charge in [0.05, 0.1) is 6.61 Å². The maximum Gasteiger partial charge on any atom is 0.0716 e. The van der Waals surface area contributed by atoms with Gasteiger partial charge in [0, 0.05) is 18.3 Å². The first-order chi connectivity index (χ1) is 7.79. The molecular formula is C14H21NO. The number of benzene rings is 1. The zero-order valence-electron chi connectivity index (χ0n) is 10.2. The molecule has 1 aliphatic carbocycles. The lowest BCUT2D eigenvalue weighted by atomic mass is 10.1. The van der Waals surface area contributed by atoms with Crippen molar-refractivity contribution in [2.24, 2.45) is 5.92 Å². The molecule has 0 spiro atoms. The van der Waals surface area contributed by atoms with E-state index in [0.717, 1.165) is 19.1 Å². The highest BCUT2D eigenvalue weighted by Crippen LogP contribution is 2.33. The minimum absolute atomic E-state index is 0.609. The quantitative estimate of drug-likeness (QED) is 0.791. The number of ether oxygens (including phenoxy) is 1. The fraction of sp³-hybridized carbons (Fsp3) is 0.571. The van der Waals surface area contributed by atoms with E-state index in [-0.39, 0.29) is 0 Å². The standard InChI is InChI=1S/C14H21NO/c1-3-16-10-12-4-8-14(9-5-12)15-11(2)13-6-7-13/h4-5,8-9,11,13,15H,3,6-7,10H2,1-2H3. The van der Waals surface area contributed by atoms with Crippen LogP contribution in [0.1, 0.15) is 32.3 Å². The number of nitrogens with one attached hydrogen (secondary N) is 1. The van der Waals surface area contributed by atoms with Gasteiger partial charge in [-0.1, -0.05) is 12.1 Å². The Labute approximate surface area is 98.0 Å². The third-order valence-corrected chi connectivity index (χ3v) is 3.15. The Morgan fingerprint density at radius 3 is 2.56 bits per heavy atom. The van der Waals surface area contributed by atoms with Gasteiger partial charge in [0.2, 0.25) is 0 Å². The second kappa shape index (κ2) is 5.35. The zero-order valence-corrected chi connectivity index (χ0v) is 10.2. The van der Waals surface area contributed by atoms with E-state index in [0.29, 0.717) is 6.04 Å². The Morgan fingerprint density at radius 1 is 1.31 bits per heavy atom. The molecule has 2 nitrogen and oxygen atoms in total. The highest BCUT2D eigenvalue weighted by atomic mass is 16.5. The van der Waals surface area contributed by atoms with Crippen LogP contribution >= 0.6 is 0 Å². The SMILES string of the molecule is CCOCc1ccc(NC(C)C2CC2)cc1. The summed E-state index contributed by atoms with van der Waals surface area (Å²) in [6.07, 6.45) is 2.77. The molecule has 0 aliphatic heterocycles. The molecule has 0 heterocycles. The fourth-order valence-corrected chi connectivity index (χ4v) is 1.89. The summed E-state index contributed by atoms with van der Waals surface area (Å²) in [7, 11) is 0. The van der Waals surface area contributed by atoms with Gasteiger partial charge in [-0.25, -0.2) is 0 Å². The molecule has 0 amide bonds. The zero-order chi connectivity index (χ0) is 11.4.